The van der Waals surface area contributed by atoms with Crippen molar-refractivity contribution in [3.05, 3.63) is 60.0 Å². The maximum Gasteiger partial charge on any atom is 0.263 e. The average molecular weight is 595 g/mol. The number of halogens is 4. The summed E-state index contributed by atoms with van der Waals surface area (Å²) >= 11 is 23.7. The van der Waals surface area contributed by atoms with Crippen molar-refractivity contribution in [1.82, 2.24) is 10.6 Å². The van der Waals surface area contributed by atoms with Gasteiger partial charge >= 0.3 is 0 Å². The summed E-state index contributed by atoms with van der Waals surface area (Å²) in [6, 6.07) is 6.83. The van der Waals surface area contributed by atoms with E-state index in [0.29, 0.717) is 36.1 Å². The van der Waals surface area contributed by atoms with Gasteiger partial charge in [0.15, 0.2) is 16.6 Å². The molecule has 30 heavy (non-hydrogen) atoms. The van der Waals surface area contributed by atoms with Crippen molar-refractivity contribution >= 4 is 90.3 Å². The number of benzene rings is 2. The van der Waals surface area contributed by atoms with Gasteiger partial charge in [-0.05, 0) is 79.5 Å². The normalized spacial score (nSPS) is 13.6. The van der Waals surface area contributed by atoms with Gasteiger partial charge in [-0.15, -0.1) is 0 Å². The zero-order valence-electron chi connectivity index (χ0n) is 15.1. The molecule has 0 spiro atoms. The summed E-state index contributed by atoms with van der Waals surface area (Å²) in [6.45, 7) is 0.209. The molecule has 11 heteroatoms. The molecule has 0 radical (unpaired) electrons. The van der Waals surface area contributed by atoms with Crippen LogP contribution in [0.5, 0.6) is 11.5 Å². The summed E-state index contributed by atoms with van der Waals surface area (Å²) in [5, 5.41) is 5.63. The summed E-state index contributed by atoms with van der Waals surface area (Å²) in [7, 11) is 1.48. The van der Waals surface area contributed by atoms with E-state index in [1.807, 2.05) is 0 Å². The van der Waals surface area contributed by atoms with E-state index >= 15 is 0 Å². The molecule has 0 aromatic heterocycles. The van der Waals surface area contributed by atoms with Crippen molar-refractivity contribution in [2.45, 2.75) is 6.61 Å². The molecule has 1 aliphatic heterocycles. The lowest BCUT2D eigenvalue weighted by atomic mass is 10.1. The maximum absolute atomic E-state index is 12.1. The molecule has 1 aliphatic rings. The monoisotopic (exact) mass is 592 g/mol. The first-order valence-electron chi connectivity index (χ1n) is 8.22. The number of ether oxygens (including phenoxy) is 2. The fourth-order valence-corrected chi connectivity index (χ4v) is 4.00. The van der Waals surface area contributed by atoms with Crippen LogP contribution in [0.1, 0.15) is 11.1 Å². The number of hydrogen-bond donors (Lipinski definition) is 2. The molecule has 0 saturated carbocycles. The van der Waals surface area contributed by atoms with Gasteiger partial charge in [0.2, 0.25) is 0 Å². The van der Waals surface area contributed by atoms with E-state index in [4.69, 9.17) is 44.9 Å². The third kappa shape index (κ3) is 4.97. The minimum Gasteiger partial charge on any atom is -0.493 e. The molecule has 2 aromatic rings. The van der Waals surface area contributed by atoms with Crippen molar-refractivity contribution in [2.75, 3.05) is 7.11 Å². The Morgan fingerprint density at radius 1 is 1.07 bits per heavy atom. The molecule has 0 aliphatic carbocycles. The highest BCUT2D eigenvalue weighted by atomic mass is 79.9. The Morgan fingerprint density at radius 2 is 1.73 bits per heavy atom. The summed E-state index contributed by atoms with van der Waals surface area (Å²) in [5.41, 5.74) is 1.24. The first-order valence-corrected chi connectivity index (χ1v) is 11.0. The third-order valence-corrected chi connectivity index (χ3v) is 7.07. The minimum atomic E-state index is -0.592. The zero-order chi connectivity index (χ0) is 22.0. The molecule has 0 bridgehead atoms. The second-order valence-electron chi connectivity index (χ2n) is 5.96. The molecule has 0 atom stereocenters. The van der Waals surface area contributed by atoms with Crippen LogP contribution in [0.25, 0.3) is 6.08 Å². The van der Waals surface area contributed by atoms with Crippen molar-refractivity contribution in [1.29, 1.82) is 0 Å². The molecule has 2 amide bonds. The van der Waals surface area contributed by atoms with Crippen LogP contribution in [0.4, 0.5) is 0 Å². The quantitative estimate of drug-likeness (QED) is 0.289. The van der Waals surface area contributed by atoms with Gasteiger partial charge in [0, 0.05) is 4.47 Å². The molecular formula is C19H12Br2Cl2N2O4S. The highest BCUT2D eigenvalue weighted by Crippen LogP contribution is 2.44. The number of methoxy groups -OCH3 is 1. The molecular weight excluding hydrogens is 583 g/mol. The Balaban J connectivity index is 1.94. The second kappa shape index (κ2) is 9.65. The fraction of sp³-hybridized carbons (Fsp3) is 0.105. The van der Waals surface area contributed by atoms with Gasteiger partial charge in [0.05, 0.1) is 21.6 Å². The summed E-state index contributed by atoms with van der Waals surface area (Å²) in [5.74, 6) is -0.364. The van der Waals surface area contributed by atoms with E-state index in [1.165, 1.54) is 13.2 Å². The first-order chi connectivity index (χ1) is 14.2. The minimum absolute atomic E-state index is 0.0361. The Kier molecular flexibility index (Phi) is 7.41. The number of carbonyl (C=O) groups is 2. The van der Waals surface area contributed by atoms with Crippen LogP contribution in [0.3, 0.4) is 0 Å². The van der Waals surface area contributed by atoms with Crippen LogP contribution in [-0.4, -0.2) is 24.0 Å². The van der Waals surface area contributed by atoms with E-state index < -0.39 is 11.8 Å². The van der Waals surface area contributed by atoms with Gasteiger partial charge in [-0.3, -0.25) is 20.2 Å². The highest BCUT2D eigenvalue weighted by molar-refractivity contribution is 9.13. The summed E-state index contributed by atoms with van der Waals surface area (Å²) < 4.78 is 12.5. The van der Waals surface area contributed by atoms with Gasteiger partial charge in [0.1, 0.15) is 12.2 Å². The molecule has 2 aromatic carbocycles. The van der Waals surface area contributed by atoms with Crippen molar-refractivity contribution in [2.24, 2.45) is 0 Å². The van der Waals surface area contributed by atoms with Gasteiger partial charge in [0.25, 0.3) is 11.8 Å². The lowest BCUT2D eigenvalue weighted by Crippen LogP contribution is -2.51. The van der Waals surface area contributed by atoms with Crippen molar-refractivity contribution in [3.8, 4) is 11.5 Å². The first kappa shape index (κ1) is 23.0. The third-order valence-electron chi connectivity index (χ3n) is 3.99. The topological polar surface area (TPSA) is 76.7 Å². The molecule has 156 valence electrons. The number of carbonyl (C=O) groups excluding carboxylic acids is 2. The Labute approximate surface area is 204 Å². The molecule has 0 unspecified atom stereocenters. The van der Waals surface area contributed by atoms with E-state index in [2.05, 4.69) is 42.5 Å². The van der Waals surface area contributed by atoms with E-state index in [1.54, 1.807) is 24.3 Å². The number of rotatable bonds is 5. The van der Waals surface area contributed by atoms with E-state index in [0.717, 1.165) is 5.56 Å². The van der Waals surface area contributed by atoms with Crippen LogP contribution in [-0.2, 0) is 16.2 Å². The average Bonchev–Trinajstić information content (AvgIpc) is 2.69. The number of hydrogen-bond acceptors (Lipinski definition) is 5. The molecule has 1 saturated heterocycles. The number of thiocarbonyl (C=S) groups is 1. The second-order valence-corrected chi connectivity index (χ2v) is 8.77. The molecule has 1 heterocycles. The van der Waals surface area contributed by atoms with Crippen LogP contribution < -0.4 is 20.1 Å². The Morgan fingerprint density at radius 3 is 2.33 bits per heavy atom. The lowest BCUT2D eigenvalue weighted by Gasteiger charge is -2.18. The molecule has 6 nitrogen and oxygen atoms in total. The summed E-state index contributed by atoms with van der Waals surface area (Å²) in [4.78, 5) is 24.2. The highest BCUT2D eigenvalue weighted by Gasteiger charge is 2.27. The van der Waals surface area contributed by atoms with Gasteiger partial charge < -0.3 is 9.47 Å². The maximum atomic E-state index is 12.1. The van der Waals surface area contributed by atoms with Crippen LogP contribution >= 0.6 is 67.3 Å². The lowest BCUT2D eigenvalue weighted by molar-refractivity contribution is -0.123. The number of nitrogens with one attached hydrogen (secondary N) is 2. The van der Waals surface area contributed by atoms with Crippen molar-refractivity contribution < 1.29 is 19.1 Å². The molecule has 2 N–H and O–H groups in total. The van der Waals surface area contributed by atoms with Crippen LogP contribution in [0.15, 0.2) is 38.8 Å². The number of amides is 2. The van der Waals surface area contributed by atoms with Crippen LogP contribution in [0.2, 0.25) is 10.0 Å². The van der Waals surface area contributed by atoms with Gasteiger partial charge in [-0.1, -0.05) is 29.3 Å². The molecule has 1 fully saturated rings. The van der Waals surface area contributed by atoms with E-state index in [9.17, 15) is 9.59 Å². The van der Waals surface area contributed by atoms with Gasteiger partial charge in [-0.25, -0.2) is 0 Å². The Bertz CT molecular complexity index is 1090. The zero-order valence-corrected chi connectivity index (χ0v) is 20.6. The predicted molar refractivity (Wildman–Crippen MR) is 126 cm³/mol. The SMILES string of the molecule is COc1cc(C=C2C(=O)NC(=S)NC2=O)c(Br)c(Br)c1OCc1ccc(Cl)c(Cl)c1. The smallest absolute Gasteiger partial charge is 0.263 e. The summed E-state index contributed by atoms with van der Waals surface area (Å²) in [6.07, 6.45) is 1.42. The standard InChI is InChI=1S/C19H12Br2Cl2N2O4S/c1-28-13-6-9(5-10-17(26)24-19(30)25-18(10)27)14(20)15(21)16(13)29-7-8-2-3-11(22)12(23)4-8/h2-6H,7H2,1H3,(H2,24,25,26,27,30). The van der Waals surface area contributed by atoms with Crippen molar-refractivity contribution in [3.63, 3.8) is 0 Å². The Hall–Kier alpha value is -1.65. The van der Waals surface area contributed by atoms with E-state index in [-0.39, 0.29) is 17.3 Å². The fourth-order valence-electron chi connectivity index (χ4n) is 2.54. The van der Waals surface area contributed by atoms with Crippen LogP contribution in [0, 0.1) is 0 Å². The predicted octanol–water partition coefficient (Wildman–Crippen LogP) is 5.02. The van der Waals surface area contributed by atoms with Gasteiger partial charge in [-0.2, -0.15) is 0 Å². The molecule has 3 rings (SSSR count). The largest absolute Gasteiger partial charge is 0.493 e.